The van der Waals surface area contributed by atoms with Crippen LogP contribution in [0.3, 0.4) is 0 Å². The molecule has 8 heteroatoms. The van der Waals surface area contributed by atoms with E-state index in [0.717, 1.165) is 41.4 Å². The number of halogens is 1. The number of nitrogens with one attached hydrogen (secondary N) is 3. The zero-order valence-corrected chi connectivity index (χ0v) is 20.3. The van der Waals surface area contributed by atoms with Gasteiger partial charge >= 0.3 is 0 Å². The number of aromatic amines is 1. The molecule has 4 aromatic rings. The highest BCUT2D eigenvalue weighted by atomic mass is 35.5. The summed E-state index contributed by atoms with van der Waals surface area (Å²) in [7, 11) is 0. The number of nitrogens with zero attached hydrogens (tertiary/aromatic N) is 1. The number of carbonyl (C=O) groups excluding carboxylic acids is 2. The van der Waals surface area contributed by atoms with Crippen LogP contribution in [0.15, 0.2) is 54.7 Å². The van der Waals surface area contributed by atoms with Gasteiger partial charge in [-0.1, -0.05) is 48.9 Å². The van der Waals surface area contributed by atoms with Gasteiger partial charge in [-0.15, -0.1) is 11.3 Å². The van der Waals surface area contributed by atoms with Gasteiger partial charge in [0.1, 0.15) is 6.04 Å². The Balaban J connectivity index is 1.40. The molecule has 2 amide bonds. The van der Waals surface area contributed by atoms with Gasteiger partial charge in [0.15, 0.2) is 5.13 Å². The van der Waals surface area contributed by atoms with Crippen LogP contribution in [0.2, 0.25) is 5.02 Å². The fraction of sp³-hybridized carbons (Fsp3) is 0.269. The summed E-state index contributed by atoms with van der Waals surface area (Å²) >= 11 is 7.76. The quantitative estimate of drug-likeness (QED) is 0.337. The van der Waals surface area contributed by atoms with E-state index >= 15 is 0 Å². The van der Waals surface area contributed by atoms with Gasteiger partial charge in [0, 0.05) is 28.4 Å². The van der Waals surface area contributed by atoms with Crippen molar-refractivity contribution in [2.24, 2.45) is 5.92 Å². The Morgan fingerprint density at radius 3 is 2.85 bits per heavy atom. The number of hydrogen-bond acceptors (Lipinski definition) is 4. The van der Waals surface area contributed by atoms with Gasteiger partial charge in [-0.2, -0.15) is 0 Å². The van der Waals surface area contributed by atoms with Crippen LogP contribution in [0.5, 0.6) is 0 Å². The minimum Gasteiger partial charge on any atom is -0.361 e. The zero-order chi connectivity index (χ0) is 23.7. The van der Waals surface area contributed by atoms with Crippen molar-refractivity contribution in [1.29, 1.82) is 0 Å². The van der Waals surface area contributed by atoms with E-state index in [-0.39, 0.29) is 5.91 Å². The molecule has 0 spiro atoms. The predicted octanol–water partition coefficient (Wildman–Crippen LogP) is 5.38. The summed E-state index contributed by atoms with van der Waals surface area (Å²) in [6.07, 6.45) is 5.25. The molecule has 2 aromatic carbocycles. The average molecular weight is 493 g/mol. The van der Waals surface area contributed by atoms with Crippen LogP contribution in [0.1, 0.15) is 39.8 Å². The molecule has 34 heavy (non-hydrogen) atoms. The van der Waals surface area contributed by atoms with Crippen LogP contribution in [0, 0.1) is 5.92 Å². The number of para-hydroxylation sites is 1. The van der Waals surface area contributed by atoms with Crippen molar-refractivity contribution in [3.8, 4) is 0 Å². The number of thiazole rings is 1. The van der Waals surface area contributed by atoms with E-state index in [1.807, 2.05) is 30.5 Å². The van der Waals surface area contributed by atoms with Gasteiger partial charge in [-0.05, 0) is 48.9 Å². The van der Waals surface area contributed by atoms with E-state index in [1.54, 1.807) is 24.3 Å². The van der Waals surface area contributed by atoms with Gasteiger partial charge in [0.05, 0.1) is 16.3 Å². The Labute approximate surface area is 206 Å². The number of benzene rings is 2. The summed E-state index contributed by atoms with van der Waals surface area (Å²) in [5.41, 5.74) is 3.34. The summed E-state index contributed by atoms with van der Waals surface area (Å²) in [5, 5.41) is 7.79. The second kappa shape index (κ2) is 9.60. The van der Waals surface area contributed by atoms with E-state index in [1.165, 1.54) is 16.2 Å². The van der Waals surface area contributed by atoms with Crippen molar-refractivity contribution in [2.45, 2.75) is 38.6 Å². The molecule has 1 aliphatic carbocycles. The molecule has 5 rings (SSSR count). The number of fused-ring (bicyclic) bond motifs is 2. The van der Waals surface area contributed by atoms with E-state index in [0.29, 0.717) is 28.1 Å². The molecule has 2 aromatic heterocycles. The molecule has 6 nitrogen and oxygen atoms in total. The van der Waals surface area contributed by atoms with E-state index < -0.39 is 11.9 Å². The highest BCUT2D eigenvalue weighted by Crippen LogP contribution is 2.32. The summed E-state index contributed by atoms with van der Waals surface area (Å²) in [6.45, 7) is 2.24. The molecule has 0 radical (unpaired) electrons. The normalized spacial score (nSPS) is 16.1. The van der Waals surface area contributed by atoms with Crippen molar-refractivity contribution >= 4 is 50.8 Å². The number of amides is 2. The van der Waals surface area contributed by atoms with Gasteiger partial charge in [-0.3, -0.25) is 9.59 Å². The number of aryl methyl sites for hydroxylation is 1. The summed E-state index contributed by atoms with van der Waals surface area (Å²) in [6, 6.07) is 13.9. The molecule has 2 heterocycles. The molecular formula is C26H25ClN4O2S. The lowest BCUT2D eigenvalue weighted by Gasteiger charge is -2.18. The molecule has 1 unspecified atom stereocenters. The molecule has 0 bridgehead atoms. The molecule has 0 fully saturated rings. The minimum absolute atomic E-state index is 0.301. The second-order valence-corrected chi connectivity index (χ2v) is 10.3. The van der Waals surface area contributed by atoms with Gasteiger partial charge in [0.25, 0.3) is 5.91 Å². The molecule has 0 aliphatic heterocycles. The summed E-state index contributed by atoms with van der Waals surface area (Å²) in [5.74, 6) is -0.0660. The maximum atomic E-state index is 13.4. The highest BCUT2D eigenvalue weighted by Gasteiger charge is 2.26. The van der Waals surface area contributed by atoms with Gasteiger partial charge in [-0.25, -0.2) is 4.98 Å². The number of rotatable bonds is 6. The third-order valence-electron chi connectivity index (χ3n) is 6.26. The van der Waals surface area contributed by atoms with Crippen LogP contribution in [0.25, 0.3) is 10.9 Å². The molecule has 0 saturated heterocycles. The second-order valence-electron chi connectivity index (χ2n) is 8.80. The number of carbonyl (C=O) groups is 2. The fourth-order valence-corrected chi connectivity index (χ4v) is 5.79. The molecule has 3 N–H and O–H groups in total. The first-order valence-electron chi connectivity index (χ1n) is 11.4. The summed E-state index contributed by atoms with van der Waals surface area (Å²) < 4.78 is 0. The first kappa shape index (κ1) is 22.6. The number of H-pyrrole nitrogens is 1. The molecule has 0 saturated carbocycles. The van der Waals surface area contributed by atoms with Crippen molar-refractivity contribution in [2.75, 3.05) is 5.32 Å². The maximum absolute atomic E-state index is 13.4. The Hall–Kier alpha value is -3.16. The van der Waals surface area contributed by atoms with E-state index in [4.69, 9.17) is 11.6 Å². The first-order chi connectivity index (χ1) is 16.5. The van der Waals surface area contributed by atoms with Crippen molar-refractivity contribution in [3.05, 3.63) is 81.4 Å². The number of aromatic nitrogens is 2. The van der Waals surface area contributed by atoms with Gasteiger partial charge in [0.2, 0.25) is 5.91 Å². The van der Waals surface area contributed by atoms with Crippen LogP contribution in [-0.4, -0.2) is 27.8 Å². The van der Waals surface area contributed by atoms with Crippen LogP contribution in [-0.2, 0) is 24.1 Å². The topological polar surface area (TPSA) is 86.9 Å². The third kappa shape index (κ3) is 4.72. The highest BCUT2D eigenvalue weighted by molar-refractivity contribution is 7.15. The van der Waals surface area contributed by atoms with Gasteiger partial charge < -0.3 is 15.6 Å². The first-order valence-corrected chi connectivity index (χ1v) is 12.6. The predicted molar refractivity (Wildman–Crippen MR) is 137 cm³/mol. The Morgan fingerprint density at radius 1 is 1.21 bits per heavy atom. The number of hydrogen-bond donors (Lipinski definition) is 3. The van der Waals surface area contributed by atoms with Crippen LogP contribution >= 0.6 is 22.9 Å². The Kier molecular flexibility index (Phi) is 6.39. The SMILES string of the molecule is CC1CCc2nc(NC(=O)[C@H](Cc3c[nH]c4ccccc34)NC(=O)c3ccccc3Cl)sc2C1. The third-order valence-corrected chi connectivity index (χ3v) is 7.62. The Morgan fingerprint density at radius 2 is 2.00 bits per heavy atom. The lowest BCUT2D eigenvalue weighted by Crippen LogP contribution is -2.45. The lowest BCUT2D eigenvalue weighted by atomic mass is 9.93. The van der Waals surface area contributed by atoms with Crippen LogP contribution < -0.4 is 10.6 Å². The van der Waals surface area contributed by atoms with Crippen LogP contribution in [0.4, 0.5) is 5.13 Å². The van der Waals surface area contributed by atoms with E-state index in [2.05, 4.69) is 27.5 Å². The lowest BCUT2D eigenvalue weighted by molar-refractivity contribution is -0.118. The maximum Gasteiger partial charge on any atom is 0.253 e. The van der Waals surface area contributed by atoms with Crippen molar-refractivity contribution in [1.82, 2.24) is 15.3 Å². The number of anilines is 1. The van der Waals surface area contributed by atoms with Crippen molar-refractivity contribution in [3.63, 3.8) is 0 Å². The molecule has 2 atom stereocenters. The standard InChI is InChI=1S/C26H25ClN4O2S/c1-15-10-11-21-23(12-15)34-26(30-21)31-25(33)22(29-24(32)18-7-2-4-8-19(18)27)13-16-14-28-20-9-5-3-6-17(16)20/h2-9,14-15,22,28H,10-13H2,1H3,(H,29,32)(H,30,31,33)/t15?,22-/m0/s1. The van der Waals surface area contributed by atoms with E-state index in [9.17, 15) is 9.59 Å². The minimum atomic E-state index is -0.803. The molecule has 1 aliphatic rings. The fourth-order valence-electron chi connectivity index (χ4n) is 4.40. The molecular weight excluding hydrogens is 468 g/mol. The Bertz CT molecular complexity index is 1360. The monoisotopic (exact) mass is 492 g/mol. The zero-order valence-electron chi connectivity index (χ0n) is 18.7. The molecule has 174 valence electrons. The summed E-state index contributed by atoms with van der Waals surface area (Å²) in [4.78, 5) is 35.6. The largest absolute Gasteiger partial charge is 0.361 e. The van der Waals surface area contributed by atoms with Crippen molar-refractivity contribution < 1.29 is 9.59 Å². The average Bonchev–Trinajstić information content (AvgIpc) is 3.42. The smallest absolute Gasteiger partial charge is 0.253 e.